The maximum atomic E-state index is 11.7. The van der Waals surface area contributed by atoms with Crippen molar-refractivity contribution >= 4 is 84.3 Å². The van der Waals surface area contributed by atoms with Gasteiger partial charge in [0.1, 0.15) is 0 Å². The summed E-state index contributed by atoms with van der Waals surface area (Å²) in [5.74, 6) is 0.547. The molecular weight excluding hydrogens is 805 g/mol. The first-order valence-electron chi connectivity index (χ1n) is 13.9. The molecule has 0 atom stereocenters. The summed E-state index contributed by atoms with van der Waals surface area (Å²) >= 11 is 0.697. The van der Waals surface area contributed by atoms with E-state index < -0.39 is 0 Å². The van der Waals surface area contributed by atoms with E-state index in [2.05, 4.69) is 60.7 Å². The summed E-state index contributed by atoms with van der Waals surface area (Å²) < 4.78 is 5.89. The van der Waals surface area contributed by atoms with Crippen molar-refractivity contribution in [3.63, 3.8) is 0 Å². The Morgan fingerprint density at radius 3 is 2.15 bits per heavy atom. The molecule has 0 fully saturated rings. The first kappa shape index (κ1) is 30.9. The Morgan fingerprint density at radius 1 is 0.850 bits per heavy atom. The molecule has 0 amide bonds. The van der Waals surface area contributed by atoms with Crippen molar-refractivity contribution in [2.24, 2.45) is 11.8 Å². The minimum absolute atomic E-state index is 0. The molecule has 0 unspecified atom stereocenters. The van der Waals surface area contributed by atoms with Gasteiger partial charge in [-0.25, -0.2) is 0 Å². The van der Waals surface area contributed by atoms with E-state index in [4.69, 9.17) is 4.98 Å². The van der Waals surface area contributed by atoms with Gasteiger partial charge in [-0.15, -0.1) is 0 Å². The number of aromatic nitrogens is 1. The number of allylic oxidation sites excluding steroid dienone is 2. The van der Waals surface area contributed by atoms with Gasteiger partial charge in [0, 0.05) is 38.0 Å². The summed E-state index contributed by atoms with van der Waals surface area (Å²) in [5.41, 5.74) is 1.14. The van der Waals surface area contributed by atoms with Gasteiger partial charge in [0.25, 0.3) is 0 Å². The molecule has 6 heteroatoms. The van der Waals surface area contributed by atoms with Gasteiger partial charge < -0.3 is 5.11 Å². The number of carbonyl (C=O) groups excluding carboxylic acids is 1. The van der Waals surface area contributed by atoms with Crippen LogP contribution in [0.25, 0.3) is 49.5 Å². The van der Waals surface area contributed by atoms with Crippen LogP contribution in [0.4, 0.5) is 0 Å². The predicted octanol–water partition coefficient (Wildman–Crippen LogP) is 8.63. The molecule has 3 aromatic carbocycles. The number of aliphatic hydroxyl groups is 1. The van der Waals surface area contributed by atoms with Gasteiger partial charge in [-0.3, -0.25) is 4.79 Å². The zero-order valence-corrected chi connectivity index (χ0v) is 29.1. The van der Waals surface area contributed by atoms with E-state index in [0.717, 1.165) is 31.2 Å². The van der Waals surface area contributed by atoms with Crippen LogP contribution in [0.2, 0.25) is 0 Å². The van der Waals surface area contributed by atoms with E-state index in [1.165, 1.54) is 50.0 Å². The molecule has 0 saturated heterocycles. The quantitative estimate of drug-likeness (QED) is 0.0759. The number of rotatable bonds is 7. The Morgan fingerprint density at radius 2 is 1.48 bits per heavy atom. The van der Waals surface area contributed by atoms with Crippen LogP contribution in [-0.4, -0.2) is 44.9 Å². The fraction of sp³-hybridized carbons (Fsp3) is 0.294. The summed E-state index contributed by atoms with van der Waals surface area (Å²) in [6.45, 7) is 8.07. The molecule has 0 spiro atoms. The molecule has 0 bridgehead atoms. The second kappa shape index (κ2) is 13.8. The number of hydrogen-bond acceptors (Lipinski definition) is 3. The van der Waals surface area contributed by atoms with E-state index in [1.54, 1.807) is 0 Å². The monoisotopic (exact) mass is 841 g/mol. The average Bonchev–Trinajstić information content (AvgIpc) is 3.27. The van der Waals surface area contributed by atoms with Gasteiger partial charge in [-0.1, -0.05) is 27.7 Å². The van der Waals surface area contributed by atoms with Crippen LogP contribution in [0.15, 0.2) is 72.6 Å². The van der Waals surface area contributed by atoms with Crippen LogP contribution in [-0.2, 0) is 24.9 Å². The van der Waals surface area contributed by atoms with E-state index in [-0.39, 0.29) is 43.5 Å². The number of pyridine rings is 1. The predicted molar refractivity (Wildman–Crippen MR) is 168 cm³/mol. The van der Waals surface area contributed by atoms with Gasteiger partial charge in [-0.05, 0) is 25.7 Å². The minimum atomic E-state index is 0. The van der Waals surface area contributed by atoms with Gasteiger partial charge in [0.2, 0.25) is 0 Å². The molecule has 1 N–H and O–H groups in total. The molecule has 3 aromatic heterocycles. The number of fused-ring (bicyclic) bond motifs is 3. The third-order valence-electron chi connectivity index (χ3n) is 7.66. The van der Waals surface area contributed by atoms with E-state index in [1.807, 2.05) is 33.9 Å². The third-order valence-corrected chi connectivity index (χ3v) is 12.3. The Labute approximate surface area is 261 Å². The number of aliphatic hydroxyl groups excluding tert-OH is 1. The van der Waals surface area contributed by atoms with Crippen molar-refractivity contribution in [3.05, 3.63) is 78.7 Å². The van der Waals surface area contributed by atoms with Crippen LogP contribution in [0.3, 0.4) is 0 Å². The van der Waals surface area contributed by atoms with E-state index in [9.17, 15) is 9.90 Å². The maximum absolute atomic E-state index is 11.7. The molecule has 0 aliphatic rings. The van der Waals surface area contributed by atoms with Crippen LogP contribution in [0.5, 0.6) is 0 Å². The van der Waals surface area contributed by atoms with E-state index in [0.29, 0.717) is 29.0 Å². The molecule has 209 valence electrons. The number of ketones is 1. The topological polar surface area (TPSA) is 50.2 Å². The van der Waals surface area contributed by atoms with Crippen LogP contribution in [0.1, 0.15) is 53.4 Å². The molecule has 0 aliphatic carbocycles. The first-order chi connectivity index (χ1) is 19.0. The van der Waals surface area contributed by atoms with Crippen LogP contribution < -0.4 is 0 Å². The van der Waals surface area contributed by atoms with Gasteiger partial charge in [0.05, 0.1) is 5.76 Å². The van der Waals surface area contributed by atoms with Gasteiger partial charge in [-0.2, -0.15) is 0 Å². The van der Waals surface area contributed by atoms with Crippen molar-refractivity contribution in [1.29, 1.82) is 0 Å². The summed E-state index contributed by atoms with van der Waals surface area (Å²) in [6, 6.07) is 23.6. The van der Waals surface area contributed by atoms with Crippen molar-refractivity contribution in [2.45, 2.75) is 53.4 Å². The Bertz CT molecular complexity index is 1810. The molecule has 1 radical (unpaired) electrons. The number of nitrogens with zero attached hydrogens (tertiary/aromatic N) is 1. The first-order valence-corrected chi connectivity index (χ1v) is 17.3. The van der Waals surface area contributed by atoms with Crippen molar-refractivity contribution in [1.82, 2.24) is 4.98 Å². The molecular formula is C34H34IrNO2Se2-. The Hall–Kier alpha value is -2.03. The molecule has 6 rings (SSSR count). The fourth-order valence-corrected chi connectivity index (χ4v) is 10.4. The van der Waals surface area contributed by atoms with Crippen LogP contribution in [0, 0.1) is 17.9 Å². The second-order valence-corrected chi connectivity index (χ2v) is 14.5. The Kier molecular flexibility index (Phi) is 10.6. The van der Waals surface area contributed by atoms with Crippen molar-refractivity contribution in [3.8, 4) is 0 Å². The van der Waals surface area contributed by atoms with Crippen molar-refractivity contribution < 1.29 is 30.0 Å². The standard InChI is InChI=1S/C21H10NSe2.C13H24O2.Ir/c1-2-5-13-11-18-14(10-12(13)4-1)21-20-17(8-9-22-21)23-15-6-3-7-16(24-18)19(15)20;1-5-10(6-2)12(14)9-13(15)11(7-3)8-4;/h1-9,11H;9-11,14H,5-8H2,1-4H3;/q-1;;/b;12-9-;. The fourth-order valence-electron chi connectivity index (χ4n) is 5.31. The van der Waals surface area contributed by atoms with Crippen LogP contribution >= 0.6 is 0 Å². The van der Waals surface area contributed by atoms with Gasteiger partial charge in [0.15, 0.2) is 5.78 Å². The molecule has 3 heterocycles. The molecule has 3 nitrogen and oxygen atoms in total. The summed E-state index contributed by atoms with van der Waals surface area (Å²) in [6.07, 6.45) is 6.88. The SMILES string of the molecule is CCC(CC)C(=O)/C=C(\O)C(CC)CC.[Ir].[c-]1c2ccccc2cc2[se]c3cccc4[se]c5ccnc(c12)c5c34. The number of benzene rings is 3. The van der Waals surface area contributed by atoms with E-state index >= 15 is 0 Å². The van der Waals surface area contributed by atoms with Crippen molar-refractivity contribution in [2.75, 3.05) is 0 Å². The Balaban J connectivity index is 0.000000204. The second-order valence-electron chi connectivity index (χ2n) is 9.96. The number of carbonyl (C=O) groups is 1. The molecule has 40 heavy (non-hydrogen) atoms. The zero-order valence-electron chi connectivity index (χ0n) is 23.3. The third kappa shape index (κ3) is 6.09. The average molecular weight is 839 g/mol. The molecule has 6 aromatic rings. The summed E-state index contributed by atoms with van der Waals surface area (Å²) in [5, 5.41) is 16.3. The number of hydrogen-bond donors (Lipinski definition) is 1. The normalized spacial score (nSPS) is 12.0. The molecule has 0 aliphatic heterocycles. The molecule has 0 saturated carbocycles. The summed E-state index contributed by atoms with van der Waals surface area (Å²) in [7, 11) is 0. The zero-order chi connectivity index (χ0) is 27.5. The summed E-state index contributed by atoms with van der Waals surface area (Å²) in [4.78, 5) is 16.5. The van der Waals surface area contributed by atoms with Gasteiger partial charge >= 0.3 is 150 Å².